The maximum Gasteiger partial charge on any atom is 0.319 e. The van der Waals surface area contributed by atoms with Crippen LogP contribution in [0.1, 0.15) is 28.9 Å². The van der Waals surface area contributed by atoms with Crippen molar-refractivity contribution in [3.05, 3.63) is 47.2 Å². The van der Waals surface area contributed by atoms with Gasteiger partial charge in [-0.1, -0.05) is 0 Å². The fourth-order valence-corrected chi connectivity index (χ4v) is 4.58. The van der Waals surface area contributed by atoms with Gasteiger partial charge in [0.05, 0.1) is 21.2 Å². The molecule has 0 spiro atoms. The minimum atomic E-state index is -0.627. The van der Waals surface area contributed by atoms with Crippen LogP contribution < -0.4 is 15.4 Å². The number of carbonyl (C=O) groups excluding carboxylic acids is 2. The molecule has 2 fully saturated rings. The summed E-state index contributed by atoms with van der Waals surface area (Å²) in [7, 11) is 0. The Morgan fingerprint density at radius 3 is 2.75 bits per heavy atom. The summed E-state index contributed by atoms with van der Waals surface area (Å²) in [4.78, 5) is 31.0. The molecule has 166 valence electrons. The standard InChI is InChI=1S/C22H21FN4O4S/c23-15-9-13(26-22(30)25-12-1-2-12)3-4-17(15)31-18-5-7-24-16-10-19(32-20(16)18)21(29)27-8-6-14(28)11-27/h3-5,7,9-10,12,14,28H,1-2,6,8,11H2,(H2,25,26,30)/t14-/m1/s1. The molecule has 0 radical (unpaired) electrons. The molecule has 2 aromatic heterocycles. The van der Waals surface area contributed by atoms with Crippen molar-refractivity contribution in [2.24, 2.45) is 0 Å². The van der Waals surface area contributed by atoms with Crippen LogP contribution in [0.4, 0.5) is 14.9 Å². The summed E-state index contributed by atoms with van der Waals surface area (Å²) in [5.74, 6) is -0.416. The molecule has 3 heterocycles. The Kier molecular flexibility index (Phi) is 5.40. The van der Waals surface area contributed by atoms with Gasteiger partial charge in [-0.25, -0.2) is 9.18 Å². The highest BCUT2D eigenvalue weighted by Gasteiger charge is 2.27. The third-order valence-corrected chi connectivity index (χ3v) is 6.49. The van der Waals surface area contributed by atoms with Crippen LogP contribution in [0.2, 0.25) is 0 Å². The molecule has 1 aliphatic heterocycles. The van der Waals surface area contributed by atoms with Gasteiger partial charge in [0.1, 0.15) is 5.75 Å². The third-order valence-electron chi connectivity index (χ3n) is 5.36. The summed E-state index contributed by atoms with van der Waals surface area (Å²) < 4.78 is 21.1. The van der Waals surface area contributed by atoms with E-state index in [4.69, 9.17) is 4.74 Å². The van der Waals surface area contributed by atoms with Gasteiger partial charge < -0.3 is 25.4 Å². The summed E-state index contributed by atoms with van der Waals surface area (Å²) in [6.07, 6.45) is 3.53. The first-order valence-corrected chi connectivity index (χ1v) is 11.2. The van der Waals surface area contributed by atoms with E-state index < -0.39 is 11.9 Å². The van der Waals surface area contributed by atoms with Gasteiger partial charge in [-0.2, -0.15) is 0 Å². The van der Waals surface area contributed by atoms with E-state index in [1.54, 1.807) is 23.1 Å². The molecular weight excluding hydrogens is 435 g/mol. The summed E-state index contributed by atoms with van der Waals surface area (Å²) in [5.41, 5.74) is 0.899. The van der Waals surface area contributed by atoms with Crippen molar-refractivity contribution in [2.75, 3.05) is 18.4 Å². The van der Waals surface area contributed by atoms with Crippen LogP contribution in [0.5, 0.6) is 11.5 Å². The first kappa shape index (κ1) is 20.7. The number of carbonyl (C=O) groups is 2. The van der Waals surface area contributed by atoms with Crippen LogP contribution in [0.25, 0.3) is 10.2 Å². The number of pyridine rings is 1. The van der Waals surface area contributed by atoms with E-state index in [1.165, 1.54) is 29.7 Å². The second-order valence-electron chi connectivity index (χ2n) is 7.95. The molecule has 1 aromatic carbocycles. The average Bonchev–Trinajstić information content (AvgIpc) is 3.28. The maximum absolute atomic E-state index is 14.6. The van der Waals surface area contributed by atoms with Crippen molar-refractivity contribution in [2.45, 2.75) is 31.4 Å². The number of anilines is 1. The van der Waals surface area contributed by atoms with Gasteiger partial charge in [-0.3, -0.25) is 9.78 Å². The first-order valence-electron chi connectivity index (χ1n) is 10.4. The zero-order valence-electron chi connectivity index (χ0n) is 17.0. The lowest BCUT2D eigenvalue weighted by Gasteiger charge is -2.13. The number of β-amino-alcohol motifs (C(OH)–C–C–N with tert-alkyl or cyclic N) is 1. The smallest absolute Gasteiger partial charge is 0.319 e. The van der Waals surface area contributed by atoms with Crippen LogP contribution in [0.15, 0.2) is 36.5 Å². The number of nitrogens with zero attached hydrogens (tertiary/aromatic N) is 2. The minimum absolute atomic E-state index is 0.00501. The minimum Gasteiger partial charge on any atom is -0.453 e. The monoisotopic (exact) mass is 456 g/mol. The number of ether oxygens (including phenoxy) is 1. The Bertz CT molecular complexity index is 1200. The number of aromatic nitrogens is 1. The maximum atomic E-state index is 14.6. The van der Waals surface area contributed by atoms with Gasteiger partial charge in [0.25, 0.3) is 5.91 Å². The van der Waals surface area contributed by atoms with Gasteiger partial charge >= 0.3 is 6.03 Å². The van der Waals surface area contributed by atoms with Gasteiger partial charge in [0.2, 0.25) is 0 Å². The van der Waals surface area contributed by atoms with E-state index >= 15 is 0 Å². The third kappa shape index (κ3) is 4.37. The Balaban J connectivity index is 1.34. The highest BCUT2D eigenvalue weighted by molar-refractivity contribution is 7.21. The van der Waals surface area contributed by atoms with Crippen LogP contribution in [0.3, 0.4) is 0 Å². The lowest BCUT2D eigenvalue weighted by Crippen LogP contribution is -2.30. The number of nitrogens with one attached hydrogen (secondary N) is 2. The normalized spacial score (nSPS) is 18.1. The first-order chi connectivity index (χ1) is 15.5. The number of aliphatic hydroxyl groups excluding tert-OH is 1. The lowest BCUT2D eigenvalue weighted by molar-refractivity contribution is 0.0769. The zero-order chi connectivity index (χ0) is 22.2. The average molecular weight is 456 g/mol. The van der Waals surface area contributed by atoms with E-state index in [9.17, 15) is 19.1 Å². The number of thiophene rings is 1. The second kappa shape index (κ2) is 8.36. The number of halogens is 1. The Morgan fingerprint density at radius 2 is 2.03 bits per heavy atom. The molecule has 8 nitrogen and oxygen atoms in total. The highest BCUT2D eigenvalue weighted by atomic mass is 32.1. The van der Waals surface area contributed by atoms with E-state index in [2.05, 4.69) is 15.6 Å². The SMILES string of the molecule is O=C(Nc1ccc(Oc2ccnc3cc(C(=O)N4CC[C@@H](O)C4)sc23)c(F)c1)NC1CC1. The number of likely N-dealkylation sites (tertiary alicyclic amines) is 1. The molecular formula is C22H21FN4O4S. The number of aliphatic hydroxyl groups is 1. The van der Waals surface area contributed by atoms with Crippen molar-refractivity contribution < 1.29 is 23.8 Å². The molecule has 3 amide bonds. The van der Waals surface area contributed by atoms with E-state index in [1.807, 2.05) is 0 Å². The van der Waals surface area contributed by atoms with Crippen LogP contribution in [0, 0.1) is 5.82 Å². The van der Waals surface area contributed by atoms with Gasteiger partial charge in [-0.05, 0) is 37.5 Å². The molecule has 10 heteroatoms. The quantitative estimate of drug-likeness (QED) is 0.543. The highest BCUT2D eigenvalue weighted by Crippen LogP contribution is 2.36. The Morgan fingerprint density at radius 1 is 1.19 bits per heavy atom. The van der Waals surface area contributed by atoms with Gasteiger partial charge in [0.15, 0.2) is 11.6 Å². The molecule has 1 saturated heterocycles. The number of urea groups is 1. The van der Waals surface area contributed by atoms with Crippen molar-refractivity contribution in [3.63, 3.8) is 0 Å². The van der Waals surface area contributed by atoms with Gasteiger partial charge in [0, 0.05) is 43.1 Å². The number of amides is 3. The molecule has 1 saturated carbocycles. The Labute approximate surface area is 187 Å². The van der Waals surface area contributed by atoms with E-state index in [-0.39, 0.29) is 23.7 Å². The van der Waals surface area contributed by atoms with Crippen LogP contribution in [-0.2, 0) is 0 Å². The zero-order valence-corrected chi connectivity index (χ0v) is 17.8. The number of rotatable bonds is 5. The summed E-state index contributed by atoms with van der Waals surface area (Å²) >= 11 is 1.22. The molecule has 0 unspecified atom stereocenters. The fourth-order valence-electron chi connectivity index (χ4n) is 3.54. The summed E-state index contributed by atoms with van der Waals surface area (Å²) in [6, 6.07) is 7.34. The van der Waals surface area contributed by atoms with E-state index in [0.29, 0.717) is 46.0 Å². The molecule has 1 atom stereocenters. The number of hydrogen-bond acceptors (Lipinski definition) is 6. The lowest BCUT2D eigenvalue weighted by atomic mass is 10.3. The van der Waals surface area contributed by atoms with Crippen molar-refractivity contribution in [1.29, 1.82) is 0 Å². The van der Waals surface area contributed by atoms with Crippen LogP contribution >= 0.6 is 11.3 Å². The largest absolute Gasteiger partial charge is 0.453 e. The predicted molar refractivity (Wildman–Crippen MR) is 118 cm³/mol. The number of benzene rings is 1. The molecule has 3 aromatic rings. The van der Waals surface area contributed by atoms with Crippen molar-refractivity contribution >= 4 is 39.2 Å². The molecule has 3 N–H and O–H groups in total. The molecule has 5 rings (SSSR count). The summed E-state index contributed by atoms with van der Waals surface area (Å²) in [6.45, 7) is 0.823. The number of hydrogen-bond donors (Lipinski definition) is 3. The van der Waals surface area contributed by atoms with Gasteiger partial charge in [-0.15, -0.1) is 11.3 Å². The van der Waals surface area contributed by atoms with Crippen LogP contribution in [-0.4, -0.2) is 52.2 Å². The fraction of sp³-hybridized carbons (Fsp3) is 0.318. The van der Waals surface area contributed by atoms with E-state index in [0.717, 1.165) is 12.8 Å². The predicted octanol–water partition coefficient (Wildman–Crippen LogP) is 3.72. The molecule has 0 bridgehead atoms. The second-order valence-corrected chi connectivity index (χ2v) is 9.00. The number of fused-ring (bicyclic) bond motifs is 1. The molecule has 32 heavy (non-hydrogen) atoms. The van der Waals surface area contributed by atoms with Crippen molar-refractivity contribution in [3.8, 4) is 11.5 Å². The Hall–Kier alpha value is -3.24. The summed E-state index contributed by atoms with van der Waals surface area (Å²) in [5, 5.41) is 15.1. The molecule has 2 aliphatic rings. The topological polar surface area (TPSA) is 104 Å². The van der Waals surface area contributed by atoms with Crippen molar-refractivity contribution in [1.82, 2.24) is 15.2 Å². The molecule has 1 aliphatic carbocycles.